The van der Waals surface area contributed by atoms with Gasteiger partial charge in [-0.1, -0.05) is 30.3 Å². The highest BCUT2D eigenvalue weighted by atomic mass is 16.3. The predicted octanol–water partition coefficient (Wildman–Crippen LogP) is -0.0367. The van der Waals surface area contributed by atoms with E-state index in [9.17, 15) is 0 Å². The zero-order chi connectivity index (χ0) is 13.5. The van der Waals surface area contributed by atoms with Gasteiger partial charge in [-0.25, -0.2) is 0 Å². The lowest BCUT2D eigenvalue weighted by atomic mass is 10.2. The number of rotatable bonds is 6. The van der Waals surface area contributed by atoms with Crippen LogP contribution in [-0.4, -0.2) is 71.2 Å². The average molecular weight is 265 g/mol. The summed E-state index contributed by atoms with van der Waals surface area (Å²) in [6.45, 7) is 5.12. The minimum absolute atomic E-state index is 0.173. The lowest BCUT2D eigenvalue weighted by Gasteiger charge is -2.42. The van der Waals surface area contributed by atoms with Gasteiger partial charge in [0.15, 0.2) is 0 Å². The van der Waals surface area contributed by atoms with Crippen LogP contribution in [0.4, 0.5) is 0 Å². The molecule has 1 aliphatic rings. The summed E-state index contributed by atoms with van der Waals surface area (Å²) in [7, 11) is 0. The Labute approximate surface area is 114 Å². The fourth-order valence-corrected chi connectivity index (χ4v) is 2.49. The van der Waals surface area contributed by atoms with Gasteiger partial charge in [-0.15, -0.1) is 0 Å². The van der Waals surface area contributed by atoms with Crippen molar-refractivity contribution < 1.29 is 10.2 Å². The first-order valence-electron chi connectivity index (χ1n) is 6.74. The van der Waals surface area contributed by atoms with Gasteiger partial charge in [-0.3, -0.25) is 14.7 Å². The third kappa shape index (κ3) is 4.56. The molecule has 0 saturated carbocycles. The molecule has 1 aromatic rings. The van der Waals surface area contributed by atoms with Crippen LogP contribution >= 0.6 is 0 Å². The fourth-order valence-electron chi connectivity index (χ4n) is 2.49. The van der Waals surface area contributed by atoms with Crippen molar-refractivity contribution in [3.8, 4) is 0 Å². The molecule has 2 N–H and O–H groups in total. The molecule has 5 nitrogen and oxygen atoms in total. The van der Waals surface area contributed by atoms with Crippen LogP contribution in [0.2, 0.25) is 0 Å². The van der Waals surface area contributed by atoms with Crippen LogP contribution in [-0.2, 0) is 6.54 Å². The van der Waals surface area contributed by atoms with E-state index in [0.29, 0.717) is 13.1 Å². The lowest BCUT2D eigenvalue weighted by molar-refractivity contribution is -0.0440. The van der Waals surface area contributed by atoms with E-state index in [1.807, 2.05) is 6.07 Å². The molecule has 0 bridgehead atoms. The maximum Gasteiger partial charge on any atom is 0.0559 e. The van der Waals surface area contributed by atoms with Crippen LogP contribution in [0.25, 0.3) is 0 Å². The van der Waals surface area contributed by atoms with Gasteiger partial charge >= 0.3 is 0 Å². The Hall–Kier alpha value is -0.980. The van der Waals surface area contributed by atoms with Crippen molar-refractivity contribution in [1.82, 2.24) is 14.7 Å². The fraction of sp³-hybridized carbons (Fsp3) is 0.571. The van der Waals surface area contributed by atoms with Crippen LogP contribution in [0.15, 0.2) is 30.3 Å². The van der Waals surface area contributed by atoms with Gasteiger partial charge < -0.3 is 10.2 Å². The maximum atomic E-state index is 9.08. The summed E-state index contributed by atoms with van der Waals surface area (Å²) in [5.41, 5.74) is 1.29. The molecule has 0 amide bonds. The van der Waals surface area contributed by atoms with Crippen LogP contribution in [0.1, 0.15) is 5.56 Å². The molecule has 1 aromatic carbocycles. The third-order valence-electron chi connectivity index (χ3n) is 3.28. The smallest absolute Gasteiger partial charge is 0.0559 e. The van der Waals surface area contributed by atoms with Crippen molar-refractivity contribution in [3.63, 3.8) is 0 Å². The van der Waals surface area contributed by atoms with E-state index in [0.717, 1.165) is 26.6 Å². The number of hydrogen-bond donors (Lipinski definition) is 2. The highest BCUT2D eigenvalue weighted by Crippen LogP contribution is 2.11. The topological polar surface area (TPSA) is 50.2 Å². The first kappa shape index (κ1) is 14.4. The van der Waals surface area contributed by atoms with E-state index < -0.39 is 0 Å². The Morgan fingerprint density at radius 1 is 0.789 bits per heavy atom. The first-order valence-corrected chi connectivity index (χ1v) is 6.74. The van der Waals surface area contributed by atoms with E-state index in [-0.39, 0.29) is 13.2 Å². The highest BCUT2D eigenvalue weighted by molar-refractivity contribution is 5.14. The summed E-state index contributed by atoms with van der Waals surface area (Å²) in [5, 5.41) is 18.2. The molecular formula is C14H23N3O2. The zero-order valence-electron chi connectivity index (χ0n) is 11.3. The minimum Gasteiger partial charge on any atom is -0.395 e. The standard InChI is InChI=1S/C14H23N3O2/c18-8-6-15-11-16(7-9-19)13-17(12-15)10-14-4-2-1-3-5-14/h1-5,18-19H,6-13H2. The van der Waals surface area contributed by atoms with Crippen molar-refractivity contribution in [2.75, 3.05) is 46.3 Å². The van der Waals surface area contributed by atoms with Gasteiger partial charge in [0, 0.05) is 19.6 Å². The normalized spacial score (nSPS) is 18.8. The van der Waals surface area contributed by atoms with E-state index >= 15 is 0 Å². The largest absolute Gasteiger partial charge is 0.395 e. The predicted molar refractivity (Wildman–Crippen MR) is 74.2 cm³/mol. The number of nitrogens with zero attached hydrogens (tertiary/aromatic N) is 3. The van der Waals surface area contributed by atoms with Crippen molar-refractivity contribution in [2.24, 2.45) is 0 Å². The summed E-state index contributed by atoms with van der Waals surface area (Å²) < 4.78 is 0. The molecule has 0 spiro atoms. The Morgan fingerprint density at radius 2 is 1.32 bits per heavy atom. The summed E-state index contributed by atoms with van der Waals surface area (Å²) in [6.07, 6.45) is 0. The summed E-state index contributed by atoms with van der Waals surface area (Å²) in [4.78, 5) is 6.72. The second-order valence-corrected chi connectivity index (χ2v) is 4.97. The van der Waals surface area contributed by atoms with Crippen LogP contribution in [0, 0.1) is 0 Å². The molecule has 0 unspecified atom stereocenters. The van der Waals surface area contributed by atoms with E-state index in [2.05, 4.69) is 39.0 Å². The molecule has 2 rings (SSSR count). The minimum atomic E-state index is 0.173. The van der Waals surface area contributed by atoms with Gasteiger partial charge in [0.2, 0.25) is 0 Å². The summed E-state index contributed by atoms with van der Waals surface area (Å²) in [5.74, 6) is 0. The van der Waals surface area contributed by atoms with Crippen molar-refractivity contribution >= 4 is 0 Å². The molecule has 106 valence electrons. The van der Waals surface area contributed by atoms with Gasteiger partial charge in [-0.05, 0) is 5.56 Å². The van der Waals surface area contributed by atoms with E-state index in [4.69, 9.17) is 10.2 Å². The molecular weight excluding hydrogens is 242 g/mol. The van der Waals surface area contributed by atoms with Crippen molar-refractivity contribution in [2.45, 2.75) is 6.54 Å². The molecule has 1 heterocycles. The van der Waals surface area contributed by atoms with E-state index in [1.165, 1.54) is 5.56 Å². The number of aliphatic hydroxyl groups is 2. The molecule has 0 atom stereocenters. The molecule has 0 aliphatic carbocycles. The lowest BCUT2D eigenvalue weighted by Crippen LogP contribution is -2.55. The maximum absolute atomic E-state index is 9.08. The van der Waals surface area contributed by atoms with Crippen molar-refractivity contribution in [1.29, 1.82) is 0 Å². The number of β-amino-alcohol motifs (C(OH)–C–C–N with tert-alkyl or cyclic N) is 2. The molecule has 1 fully saturated rings. The second-order valence-electron chi connectivity index (χ2n) is 4.97. The zero-order valence-corrected chi connectivity index (χ0v) is 11.3. The third-order valence-corrected chi connectivity index (χ3v) is 3.28. The van der Waals surface area contributed by atoms with Crippen LogP contribution in [0.3, 0.4) is 0 Å². The Bertz CT molecular complexity index is 347. The Balaban J connectivity index is 1.94. The Morgan fingerprint density at radius 3 is 1.84 bits per heavy atom. The molecule has 5 heteroatoms. The van der Waals surface area contributed by atoms with Gasteiger partial charge in [-0.2, -0.15) is 0 Å². The number of hydrogen-bond acceptors (Lipinski definition) is 5. The first-order chi connectivity index (χ1) is 9.31. The SMILES string of the molecule is OCCN1CN(CCO)CN(Cc2ccccc2)C1. The molecule has 0 aromatic heterocycles. The van der Waals surface area contributed by atoms with Crippen molar-refractivity contribution in [3.05, 3.63) is 35.9 Å². The second kappa shape index (κ2) is 7.57. The number of benzene rings is 1. The van der Waals surface area contributed by atoms with Gasteiger partial charge in [0.1, 0.15) is 0 Å². The summed E-state index contributed by atoms with van der Waals surface area (Å²) in [6, 6.07) is 10.4. The molecule has 1 saturated heterocycles. The quantitative estimate of drug-likeness (QED) is 0.756. The molecule has 19 heavy (non-hydrogen) atoms. The van der Waals surface area contributed by atoms with Gasteiger partial charge in [0.25, 0.3) is 0 Å². The highest BCUT2D eigenvalue weighted by Gasteiger charge is 2.22. The number of aliphatic hydroxyl groups excluding tert-OH is 2. The van der Waals surface area contributed by atoms with E-state index in [1.54, 1.807) is 0 Å². The van der Waals surface area contributed by atoms with Crippen LogP contribution in [0.5, 0.6) is 0 Å². The van der Waals surface area contributed by atoms with Gasteiger partial charge in [0.05, 0.1) is 33.2 Å². The summed E-state index contributed by atoms with van der Waals surface area (Å²) >= 11 is 0. The average Bonchev–Trinajstić information content (AvgIpc) is 2.40. The molecule has 0 radical (unpaired) electrons. The Kier molecular flexibility index (Phi) is 5.75. The van der Waals surface area contributed by atoms with Crippen LogP contribution < -0.4 is 0 Å². The monoisotopic (exact) mass is 265 g/mol. The molecule has 1 aliphatic heterocycles.